The second-order valence-corrected chi connectivity index (χ2v) is 9.39. The van der Waals surface area contributed by atoms with Crippen LogP contribution in [-0.4, -0.2) is 54.4 Å². The number of pyridine rings is 1. The van der Waals surface area contributed by atoms with Gasteiger partial charge in [-0.25, -0.2) is 0 Å². The average molecular weight is 437 g/mol. The first kappa shape index (κ1) is 20.0. The van der Waals surface area contributed by atoms with Crippen LogP contribution in [0.1, 0.15) is 29.2 Å². The van der Waals surface area contributed by atoms with Crippen LogP contribution in [0.15, 0.2) is 46.3 Å². The SMILES string of the molecule is Cc1ccc(C)c(-n2nnnc2SCC(=O)N2CC3CC(C2)c2cccc(=O)n2C3)c1. The normalized spacial score (nSPS) is 19.9. The van der Waals surface area contributed by atoms with E-state index in [0.717, 1.165) is 28.9 Å². The summed E-state index contributed by atoms with van der Waals surface area (Å²) in [6.45, 7) is 6.09. The molecule has 2 atom stereocenters. The quantitative estimate of drug-likeness (QED) is 0.583. The van der Waals surface area contributed by atoms with Crippen molar-refractivity contribution >= 4 is 17.7 Å². The summed E-state index contributed by atoms with van der Waals surface area (Å²) in [4.78, 5) is 27.2. The lowest BCUT2D eigenvalue weighted by atomic mass is 9.83. The maximum absolute atomic E-state index is 13.0. The Hall–Kier alpha value is -2.94. The number of likely N-dealkylation sites (tertiary alicyclic amines) is 1. The number of benzene rings is 1. The fraction of sp³-hybridized carbons (Fsp3) is 0.409. The number of thioether (sulfide) groups is 1. The lowest BCUT2D eigenvalue weighted by Gasteiger charge is -2.42. The van der Waals surface area contributed by atoms with E-state index in [1.54, 1.807) is 10.7 Å². The number of fused-ring (bicyclic) bond motifs is 4. The number of piperidine rings is 1. The molecule has 1 amide bonds. The minimum atomic E-state index is 0.0563. The van der Waals surface area contributed by atoms with Gasteiger partial charge in [-0.1, -0.05) is 30.0 Å². The van der Waals surface area contributed by atoms with Crippen LogP contribution in [0.4, 0.5) is 0 Å². The van der Waals surface area contributed by atoms with Gasteiger partial charge in [-0.05, 0) is 59.9 Å². The fourth-order valence-electron chi connectivity index (χ4n) is 4.69. The first-order valence-electron chi connectivity index (χ1n) is 10.5. The Balaban J connectivity index is 1.29. The van der Waals surface area contributed by atoms with Gasteiger partial charge in [-0.15, -0.1) is 5.10 Å². The molecule has 0 saturated carbocycles. The molecule has 0 N–H and O–H groups in total. The summed E-state index contributed by atoms with van der Waals surface area (Å²) in [6.07, 6.45) is 1.03. The largest absolute Gasteiger partial charge is 0.341 e. The third-order valence-electron chi connectivity index (χ3n) is 6.19. The van der Waals surface area contributed by atoms with E-state index in [1.165, 1.54) is 11.8 Å². The molecule has 1 fully saturated rings. The molecule has 2 aliphatic heterocycles. The Morgan fingerprint density at radius 3 is 2.90 bits per heavy atom. The van der Waals surface area contributed by atoms with Crippen molar-refractivity contribution in [2.45, 2.75) is 37.9 Å². The summed E-state index contributed by atoms with van der Waals surface area (Å²) in [7, 11) is 0. The van der Waals surface area contributed by atoms with Crippen LogP contribution < -0.4 is 5.56 Å². The van der Waals surface area contributed by atoms with Crippen LogP contribution in [-0.2, 0) is 11.3 Å². The van der Waals surface area contributed by atoms with E-state index in [1.807, 2.05) is 47.6 Å². The van der Waals surface area contributed by atoms with E-state index < -0.39 is 0 Å². The lowest BCUT2D eigenvalue weighted by molar-refractivity contribution is -0.131. The van der Waals surface area contributed by atoms with Gasteiger partial charge in [0, 0.05) is 37.3 Å². The van der Waals surface area contributed by atoms with Crippen LogP contribution >= 0.6 is 11.8 Å². The van der Waals surface area contributed by atoms with Gasteiger partial charge in [0.15, 0.2) is 0 Å². The summed E-state index contributed by atoms with van der Waals surface area (Å²) in [5, 5.41) is 12.7. The molecule has 1 aromatic carbocycles. The monoisotopic (exact) mass is 436 g/mol. The highest BCUT2D eigenvalue weighted by molar-refractivity contribution is 7.99. The molecule has 5 rings (SSSR count). The topological polar surface area (TPSA) is 85.9 Å². The molecular weight excluding hydrogens is 412 g/mol. The van der Waals surface area contributed by atoms with E-state index in [2.05, 4.69) is 21.6 Å². The first-order chi connectivity index (χ1) is 15.0. The number of hydrogen-bond donors (Lipinski definition) is 0. The molecule has 3 aromatic rings. The predicted octanol–water partition coefficient (Wildman–Crippen LogP) is 2.18. The first-order valence-corrected chi connectivity index (χ1v) is 11.4. The highest BCUT2D eigenvalue weighted by Crippen LogP contribution is 2.35. The zero-order valence-corrected chi connectivity index (χ0v) is 18.4. The number of aromatic nitrogens is 5. The van der Waals surface area contributed by atoms with Crippen molar-refractivity contribution < 1.29 is 4.79 Å². The highest BCUT2D eigenvalue weighted by atomic mass is 32.2. The van der Waals surface area contributed by atoms with Gasteiger partial charge in [0.25, 0.3) is 5.56 Å². The molecule has 2 aliphatic rings. The maximum Gasteiger partial charge on any atom is 0.250 e. The van der Waals surface area contributed by atoms with E-state index in [-0.39, 0.29) is 23.1 Å². The van der Waals surface area contributed by atoms with Crippen molar-refractivity contribution in [3.05, 3.63) is 63.6 Å². The Labute approximate surface area is 184 Å². The standard InChI is InChI=1S/C22H24N6O2S/c1-14-6-7-15(2)19(8-14)28-22(23-24-25-28)31-13-21(30)26-10-16-9-17(12-26)18-4-3-5-20(29)27(18)11-16/h3-8,16-17H,9-13H2,1-2H3. The third kappa shape index (κ3) is 3.78. The van der Waals surface area contributed by atoms with E-state index in [4.69, 9.17) is 0 Å². The van der Waals surface area contributed by atoms with Crippen molar-refractivity contribution in [3.8, 4) is 5.69 Å². The number of rotatable bonds is 4. The van der Waals surface area contributed by atoms with Gasteiger partial charge in [0.1, 0.15) is 0 Å². The van der Waals surface area contributed by atoms with Gasteiger partial charge in [-0.2, -0.15) is 4.68 Å². The van der Waals surface area contributed by atoms with Crippen LogP contribution in [0, 0.1) is 19.8 Å². The summed E-state index contributed by atoms with van der Waals surface area (Å²) < 4.78 is 3.58. The zero-order chi connectivity index (χ0) is 21.5. The molecule has 0 radical (unpaired) electrons. The van der Waals surface area contributed by atoms with Crippen LogP contribution in [0.5, 0.6) is 0 Å². The van der Waals surface area contributed by atoms with Gasteiger partial charge in [0.2, 0.25) is 11.1 Å². The molecule has 8 nitrogen and oxygen atoms in total. The lowest BCUT2D eigenvalue weighted by Crippen LogP contribution is -2.49. The summed E-state index contributed by atoms with van der Waals surface area (Å²) in [5.74, 6) is 0.907. The minimum Gasteiger partial charge on any atom is -0.341 e. The van der Waals surface area contributed by atoms with Gasteiger partial charge >= 0.3 is 0 Å². The molecule has 2 aromatic heterocycles. The molecule has 2 bridgehead atoms. The number of tetrazole rings is 1. The Morgan fingerprint density at radius 2 is 2.03 bits per heavy atom. The van der Waals surface area contributed by atoms with E-state index in [0.29, 0.717) is 30.7 Å². The van der Waals surface area contributed by atoms with Crippen LogP contribution in [0.25, 0.3) is 5.69 Å². The third-order valence-corrected chi connectivity index (χ3v) is 7.09. The second-order valence-electron chi connectivity index (χ2n) is 8.45. The van der Waals surface area contributed by atoms with Crippen molar-refractivity contribution in [1.82, 2.24) is 29.7 Å². The van der Waals surface area contributed by atoms with Crippen molar-refractivity contribution in [2.24, 2.45) is 5.92 Å². The van der Waals surface area contributed by atoms with Crippen LogP contribution in [0.3, 0.4) is 0 Å². The molecule has 0 aliphatic carbocycles. The Kier molecular flexibility index (Phi) is 5.13. The molecule has 160 valence electrons. The van der Waals surface area contributed by atoms with E-state index >= 15 is 0 Å². The number of carbonyl (C=O) groups is 1. The smallest absolute Gasteiger partial charge is 0.250 e. The predicted molar refractivity (Wildman–Crippen MR) is 117 cm³/mol. The number of nitrogens with zero attached hydrogens (tertiary/aromatic N) is 6. The number of hydrogen-bond acceptors (Lipinski definition) is 6. The number of carbonyl (C=O) groups excluding carboxylic acids is 1. The molecule has 1 saturated heterocycles. The molecule has 9 heteroatoms. The molecule has 4 heterocycles. The summed E-state index contributed by atoms with van der Waals surface area (Å²) in [6, 6.07) is 11.6. The fourth-order valence-corrected chi connectivity index (χ4v) is 5.47. The Morgan fingerprint density at radius 1 is 1.16 bits per heavy atom. The number of aryl methyl sites for hydroxylation is 2. The second kappa shape index (κ2) is 7.96. The van der Waals surface area contributed by atoms with Gasteiger partial charge in [-0.3, -0.25) is 9.59 Å². The Bertz CT molecular complexity index is 1200. The summed E-state index contributed by atoms with van der Waals surface area (Å²) >= 11 is 1.36. The maximum atomic E-state index is 13.0. The van der Waals surface area contributed by atoms with E-state index in [9.17, 15) is 9.59 Å². The molecular formula is C22H24N6O2S. The zero-order valence-electron chi connectivity index (χ0n) is 17.6. The van der Waals surface area contributed by atoms with Gasteiger partial charge in [0.05, 0.1) is 11.4 Å². The molecule has 31 heavy (non-hydrogen) atoms. The van der Waals surface area contributed by atoms with Crippen LogP contribution in [0.2, 0.25) is 0 Å². The summed E-state index contributed by atoms with van der Waals surface area (Å²) in [5.41, 5.74) is 4.23. The average Bonchev–Trinajstić information content (AvgIpc) is 3.23. The van der Waals surface area contributed by atoms with Gasteiger partial charge < -0.3 is 9.47 Å². The number of amides is 1. The molecule has 2 unspecified atom stereocenters. The van der Waals surface area contributed by atoms with Crippen molar-refractivity contribution in [2.75, 3.05) is 18.8 Å². The van der Waals surface area contributed by atoms with Crippen molar-refractivity contribution in [3.63, 3.8) is 0 Å². The van der Waals surface area contributed by atoms with Crippen molar-refractivity contribution in [1.29, 1.82) is 0 Å². The molecule has 0 spiro atoms. The highest BCUT2D eigenvalue weighted by Gasteiger charge is 2.36. The minimum absolute atomic E-state index is 0.0563.